The van der Waals surface area contributed by atoms with Crippen molar-refractivity contribution >= 4 is 40.1 Å². The third-order valence-electron chi connectivity index (χ3n) is 2.17. The number of nitrogens with one attached hydrogen (secondary N) is 2. The Morgan fingerprint density at radius 1 is 1.40 bits per heavy atom. The van der Waals surface area contributed by atoms with Crippen molar-refractivity contribution in [3.63, 3.8) is 0 Å². The molecule has 0 atom stereocenters. The Bertz CT molecular complexity index is 439. The first-order valence-electron chi connectivity index (χ1n) is 6.19. The number of amides is 1. The molecule has 2 N–H and O–H groups in total. The van der Waals surface area contributed by atoms with Gasteiger partial charge in [0.05, 0.1) is 12.9 Å². The fraction of sp³-hybridized carbons (Fsp3) is 0.636. The summed E-state index contributed by atoms with van der Waals surface area (Å²) in [5.41, 5.74) is 0. The first kappa shape index (κ1) is 16.7. The predicted molar refractivity (Wildman–Crippen MR) is 79.1 cm³/mol. The zero-order chi connectivity index (χ0) is 14.8. The molecule has 0 bridgehead atoms. The summed E-state index contributed by atoms with van der Waals surface area (Å²) in [6.07, 6.45) is 0.888. The highest BCUT2D eigenvalue weighted by molar-refractivity contribution is 8.01. The van der Waals surface area contributed by atoms with Crippen molar-refractivity contribution in [3.8, 4) is 0 Å². The van der Waals surface area contributed by atoms with Gasteiger partial charge in [0.25, 0.3) is 0 Å². The van der Waals surface area contributed by atoms with Crippen LogP contribution in [0.1, 0.15) is 19.8 Å². The van der Waals surface area contributed by atoms with E-state index in [0.29, 0.717) is 25.1 Å². The number of hydrogen-bond acceptors (Lipinski definition) is 8. The molecule has 0 unspecified atom stereocenters. The fourth-order valence-corrected chi connectivity index (χ4v) is 2.88. The molecule has 1 amide bonds. The van der Waals surface area contributed by atoms with Gasteiger partial charge in [-0.15, -0.1) is 10.2 Å². The molecule has 0 aromatic carbocycles. The van der Waals surface area contributed by atoms with Crippen molar-refractivity contribution in [3.05, 3.63) is 0 Å². The van der Waals surface area contributed by atoms with Crippen LogP contribution in [0.2, 0.25) is 0 Å². The monoisotopic (exact) mass is 318 g/mol. The minimum Gasteiger partial charge on any atom is -0.469 e. The van der Waals surface area contributed by atoms with Crippen molar-refractivity contribution < 1.29 is 14.3 Å². The minimum absolute atomic E-state index is 0.0833. The minimum atomic E-state index is -0.265. The quantitative estimate of drug-likeness (QED) is 0.400. The Balaban J connectivity index is 2.14. The molecule has 1 aromatic heterocycles. The SMILES string of the molecule is CCNc1nnc(SCC(=O)NCCCC(=O)OC)s1. The second kappa shape index (κ2) is 9.54. The number of thioether (sulfide) groups is 1. The molecule has 7 nitrogen and oxygen atoms in total. The van der Waals surface area contributed by atoms with E-state index in [1.54, 1.807) is 0 Å². The Morgan fingerprint density at radius 3 is 2.90 bits per heavy atom. The second-order valence-corrected chi connectivity index (χ2v) is 5.92. The number of esters is 1. The van der Waals surface area contributed by atoms with E-state index in [0.717, 1.165) is 16.0 Å². The van der Waals surface area contributed by atoms with Gasteiger partial charge in [0.1, 0.15) is 0 Å². The van der Waals surface area contributed by atoms with Crippen LogP contribution in [0.25, 0.3) is 0 Å². The van der Waals surface area contributed by atoms with Crippen LogP contribution < -0.4 is 10.6 Å². The van der Waals surface area contributed by atoms with Crippen LogP contribution in [0.15, 0.2) is 4.34 Å². The molecule has 0 saturated carbocycles. The van der Waals surface area contributed by atoms with Gasteiger partial charge in [-0.2, -0.15) is 0 Å². The maximum Gasteiger partial charge on any atom is 0.305 e. The molecule has 0 aliphatic carbocycles. The number of rotatable bonds is 9. The number of carbonyl (C=O) groups excluding carboxylic acids is 2. The van der Waals surface area contributed by atoms with Crippen molar-refractivity contribution in [2.75, 3.05) is 31.3 Å². The molecule has 0 radical (unpaired) electrons. The lowest BCUT2D eigenvalue weighted by Crippen LogP contribution is -2.26. The molecule has 0 fully saturated rings. The zero-order valence-corrected chi connectivity index (χ0v) is 13.1. The maximum absolute atomic E-state index is 11.6. The normalized spacial score (nSPS) is 10.1. The van der Waals surface area contributed by atoms with Gasteiger partial charge < -0.3 is 15.4 Å². The van der Waals surface area contributed by atoms with E-state index < -0.39 is 0 Å². The Morgan fingerprint density at radius 2 is 2.20 bits per heavy atom. The number of aromatic nitrogens is 2. The molecular weight excluding hydrogens is 300 g/mol. The predicted octanol–water partition coefficient (Wildman–Crippen LogP) is 1.13. The molecule has 1 aromatic rings. The van der Waals surface area contributed by atoms with Gasteiger partial charge in [0.2, 0.25) is 11.0 Å². The molecule has 1 heterocycles. The summed E-state index contributed by atoms with van der Waals surface area (Å²) in [4.78, 5) is 22.4. The summed E-state index contributed by atoms with van der Waals surface area (Å²) in [5, 5.41) is 14.5. The number of anilines is 1. The van der Waals surface area contributed by atoms with Crippen LogP contribution in [0, 0.1) is 0 Å². The largest absolute Gasteiger partial charge is 0.469 e. The summed E-state index contributed by atoms with van der Waals surface area (Å²) in [5.74, 6) is -0.0580. The Labute approximate surface area is 125 Å². The van der Waals surface area contributed by atoms with E-state index in [4.69, 9.17) is 0 Å². The van der Waals surface area contributed by atoms with E-state index in [1.807, 2.05) is 6.92 Å². The molecule has 1 rings (SSSR count). The Hall–Kier alpha value is -1.35. The van der Waals surface area contributed by atoms with Crippen LogP contribution >= 0.6 is 23.1 Å². The highest BCUT2D eigenvalue weighted by Gasteiger charge is 2.07. The van der Waals surface area contributed by atoms with E-state index in [1.165, 1.54) is 30.2 Å². The molecule has 0 aliphatic heterocycles. The van der Waals surface area contributed by atoms with E-state index in [2.05, 4.69) is 25.6 Å². The van der Waals surface area contributed by atoms with Crippen molar-refractivity contribution in [2.45, 2.75) is 24.1 Å². The Kier molecular flexibility index (Phi) is 7.97. The average molecular weight is 318 g/mol. The topological polar surface area (TPSA) is 93.2 Å². The standard InChI is InChI=1S/C11H18N4O3S2/c1-3-12-10-14-15-11(20-10)19-7-8(16)13-6-4-5-9(17)18-2/h3-7H2,1-2H3,(H,12,14)(H,13,16). The average Bonchev–Trinajstić information content (AvgIpc) is 2.89. The van der Waals surface area contributed by atoms with Gasteiger partial charge in [0, 0.05) is 19.5 Å². The number of hydrogen-bond donors (Lipinski definition) is 2. The van der Waals surface area contributed by atoms with Crippen LogP contribution in [0.5, 0.6) is 0 Å². The van der Waals surface area contributed by atoms with Crippen molar-refractivity contribution in [1.82, 2.24) is 15.5 Å². The molecule has 112 valence electrons. The smallest absolute Gasteiger partial charge is 0.305 e. The van der Waals surface area contributed by atoms with Gasteiger partial charge in [-0.05, 0) is 13.3 Å². The third-order valence-corrected chi connectivity index (χ3v) is 4.18. The molecule has 0 saturated heterocycles. The summed E-state index contributed by atoms with van der Waals surface area (Å²) in [6.45, 7) is 3.24. The van der Waals surface area contributed by atoms with Crippen LogP contribution in [-0.4, -0.2) is 48.0 Å². The molecule has 9 heteroatoms. The first-order chi connectivity index (χ1) is 9.65. The highest BCUT2D eigenvalue weighted by atomic mass is 32.2. The number of methoxy groups -OCH3 is 1. The van der Waals surface area contributed by atoms with Gasteiger partial charge in [-0.1, -0.05) is 23.1 Å². The van der Waals surface area contributed by atoms with E-state index >= 15 is 0 Å². The maximum atomic E-state index is 11.6. The second-order valence-electron chi connectivity index (χ2n) is 3.72. The lowest BCUT2D eigenvalue weighted by molar-refractivity contribution is -0.140. The summed E-state index contributed by atoms with van der Waals surface area (Å²) >= 11 is 2.77. The molecule has 0 spiro atoms. The van der Waals surface area contributed by atoms with Crippen LogP contribution in [0.4, 0.5) is 5.13 Å². The van der Waals surface area contributed by atoms with Gasteiger partial charge in [-0.3, -0.25) is 9.59 Å². The summed E-state index contributed by atoms with van der Waals surface area (Å²) in [7, 11) is 1.35. The molecule has 0 aliphatic rings. The van der Waals surface area contributed by atoms with Crippen molar-refractivity contribution in [1.29, 1.82) is 0 Å². The first-order valence-corrected chi connectivity index (χ1v) is 7.99. The number of carbonyl (C=O) groups is 2. The van der Waals surface area contributed by atoms with Crippen LogP contribution in [-0.2, 0) is 14.3 Å². The van der Waals surface area contributed by atoms with Crippen LogP contribution in [0.3, 0.4) is 0 Å². The van der Waals surface area contributed by atoms with Gasteiger partial charge >= 0.3 is 5.97 Å². The fourth-order valence-electron chi connectivity index (χ4n) is 1.23. The lowest BCUT2D eigenvalue weighted by atomic mass is 10.3. The summed E-state index contributed by atoms with van der Waals surface area (Å²) < 4.78 is 5.26. The highest BCUT2D eigenvalue weighted by Crippen LogP contribution is 2.24. The van der Waals surface area contributed by atoms with E-state index in [-0.39, 0.29) is 11.9 Å². The van der Waals surface area contributed by atoms with Crippen molar-refractivity contribution in [2.24, 2.45) is 0 Å². The zero-order valence-electron chi connectivity index (χ0n) is 11.5. The molecular formula is C11H18N4O3S2. The molecule has 20 heavy (non-hydrogen) atoms. The van der Waals surface area contributed by atoms with E-state index in [9.17, 15) is 9.59 Å². The number of ether oxygens (including phenoxy) is 1. The van der Waals surface area contributed by atoms with Gasteiger partial charge in [-0.25, -0.2) is 0 Å². The van der Waals surface area contributed by atoms with Gasteiger partial charge in [0.15, 0.2) is 4.34 Å². The number of nitrogens with zero attached hydrogens (tertiary/aromatic N) is 2. The third kappa shape index (κ3) is 6.71. The lowest BCUT2D eigenvalue weighted by Gasteiger charge is -2.03. The summed E-state index contributed by atoms with van der Waals surface area (Å²) in [6, 6.07) is 0.